The van der Waals surface area contributed by atoms with E-state index in [0.717, 1.165) is 69.2 Å². The van der Waals surface area contributed by atoms with Crippen LogP contribution in [0.1, 0.15) is 93.2 Å². The third kappa shape index (κ3) is 9.18. The minimum atomic E-state index is -0.899. The molecular weight excluding hydrogens is 596 g/mol. The Kier molecular flexibility index (Phi) is 12.0. The number of hydrogen-bond donors (Lipinski definition) is 6. The summed E-state index contributed by atoms with van der Waals surface area (Å²) >= 11 is 0. The van der Waals surface area contributed by atoms with E-state index >= 15 is 0 Å². The van der Waals surface area contributed by atoms with Crippen molar-refractivity contribution in [1.82, 2.24) is 5.32 Å². The van der Waals surface area contributed by atoms with Crippen LogP contribution in [-0.2, 0) is 16.6 Å². The summed E-state index contributed by atoms with van der Waals surface area (Å²) in [6.07, 6.45) is 7.83. The van der Waals surface area contributed by atoms with E-state index in [1.807, 2.05) is 12.1 Å². The lowest BCUT2D eigenvalue weighted by Crippen LogP contribution is -2.34. The number of benzene rings is 3. The predicted octanol–water partition coefficient (Wildman–Crippen LogP) is 5.95. The molecule has 1 aliphatic heterocycles. The molecule has 0 aromatic heterocycles. The lowest BCUT2D eigenvalue weighted by atomic mass is 9.63. The van der Waals surface area contributed by atoms with Gasteiger partial charge in [0.1, 0.15) is 18.6 Å². The number of nitrogens with one attached hydrogen (secondary N) is 1. The van der Waals surface area contributed by atoms with E-state index < -0.39 is 6.10 Å². The third-order valence-electron chi connectivity index (χ3n) is 9.94. The average molecular weight is 647 g/mol. The number of hydrogen-bond acceptors (Lipinski definition) is 9. The Balaban J connectivity index is 1.36. The van der Waals surface area contributed by atoms with Gasteiger partial charge in [0.25, 0.3) is 0 Å². The van der Waals surface area contributed by atoms with Gasteiger partial charge in [-0.3, -0.25) is 10.5 Å². The highest BCUT2D eigenvalue weighted by Crippen LogP contribution is 2.49. The Labute approximate surface area is 277 Å². The minimum absolute atomic E-state index is 0.00156. The first kappa shape index (κ1) is 34.5. The molecule has 2 aliphatic rings. The molecule has 1 saturated carbocycles. The first-order valence-corrected chi connectivity index (χ1v) is 17.1. The van der Waals surface area contributed by atoms with Gasteiger partial charge in [0.2, 0.25) is 5.75 Å². The topological polar surface area (TPSA) is 154 Å². The van der Waals surface area contributed by atoms with Gasteiger partial charge in [-0.15, -0.1) is 0 Å². The van der Waals surface area contributed by atoms with Crippen molar-refractivity contribution in [3.63, 3.8) is 0 Å². The van der Waals surface area contributed by atoms with E-state index in [1.165, 1.54) is 18.1 Å². The summed E-state index contributed by atoms with van der Waals surface area (Å²) in [7, 11) is 0. The number of nitrogens with two attached hydrogens (primary N) is 1. The zero-order valence-corrected chi connectivity index (χ0v) is 27.2. The summed E-state index contributed by atoms with van der Waals surface area (Å²) < 4.78 is 11.5. The number of Topliss-reactive ketones (excluding diaryl/α,β-unsaturated/α-hetero) is 1. The molecule has 254 valence electrons. The number of aryl methyl sites for hydroxylation is 1. The number of phenols is 3. The molecule has 7 N–H and O–H groups in total. The molecule has 2 unspecified atom stereocenters. The van der Waals surface area contributed by atoms with Gasteiger partial charge in [-0.2, -0.15) is 0 Å². The lowest BCUT2D eigenvalue weighted by Gasteiger charge is -2.41. The van der Waals surface area contributed by atoms with Crippen molar-refractivity contribution in [1.29, 1.82) is 0 Å². The zero-order valence-electron chi connectivity index (χ0n) is 27.2. The fraction of sp³-hybridized carbons (Fsp3) is 0.500. The number of ketones is 1. The molecule has 1 saturated heterocycles. The van der Waals surface area contributed by atoms with Gasteiger partial charge in [-0.05, 0) is 110 Å². The van der Waals surface area contributed by atoms with Gasteiger partial charge in [0, 0.05) is 12.8 Å². The van der Waals surface area contributed by atoms with Gasteiger partial charge >= 0.3 is 0 Å². The van der Waals surface area contributed by atoms with Crippen LogP contribution in [0.5, 0.6) is 28.7 Å². The number of ether oxygens (including phenoxy) is 2. The van der Waals surface area contributed by atoms with Crippen molar-refractivity contribution >= 4 is 5.78 Å². The van der Waals surface area contributed by atoms with Crippen LogP contribution in [0, 0.1) is 0 Å². The SMILES string of the molecule is NCOc1cc(CCC(=O)CC(O)CC(CC2(c3ccccc3)CCCCC2)c2cc(O)c(O)c(OC3CCNCC3)c2)ccc1O. The molecule has 5 rings (SSSR count). The number of aromatic hydroxyl groups is 3. The molecule has 0 radical (unpaired) electrons. The number of aliphatic hydroxyl groups excluding tert-OH is 1. The van der Waals surface area contributed by atoms with E-state index in [1.54, 1.807) is 18.2 Å². The summed E-state index contributed by atoms with van der Waals surface area (Å²) in [6.45, 7) is 1.59. The summed E-state index contributed by atoms with van der Waals surface area (Å²) in [6, 6.07) is 18.9. The van der Waals surface area contributed by atoms with Crippen molar-refractivity contribution < 1.29 is 34.7 Å². The van der Waals surface area contributed by atoms with E-state index in [-0.39, 0.29) is 71.5 Å². The normalized spacial score (nSPS) is 17.9. The Morgan fingerprint density at radius 2 is 1.68 bits per heavy atom. The smallest absolute Gasteiger partial charge is 0.200 e. The van der Waals surface area contributed by atoms with Crippen LogP contribution >= 0.6 is 0 Å². The van der Waals surface area contributed by atoms with Gasteiger partial charge in [-0.25, -0.2) is 0 Å². The minimum Gasteiger partial charge on any atom is -0.504 e. The van der Waals surface area contributed by atoms with Crippen molar-refractivity contribution in [3.05, 3.63) is 77.4 Å². The summed E-state index contributed by atoms with van der Waals surface area (Å²) in [4.78, 5) is 13.1. The summed E-state index contributed by atoms with van der Waals surface area (Å²) in [5, 5.41) is 46.4. The van der Waals surface area contributed by atoms with Crippen LogP contribution in [-0.4, -0.2) is 58.2 Å². The van der Waals surface area contributed by atoms with Gasteiger partial charge in [0.15, 0.2) is 23.0 Å². The molecule has 3 aromatic carbocycles. The third-order valence-corrected chi connectivity index (χ3v) is 9.94. The number of carbonyl (C=O) groups excluding carboxylic acids is 1. The van der Waals surface area contributed by atoms with Crippen molar-refractivity contribution in [2.75, 3.05) is 19.8 Å². The standard InChI is InChI=1S/C38H50N2O7/c39-25-46-35-19-26(10-12-33(35)43)9-11-30(41)23-31(42)20-28(24-38(15-5-2-6-16-38)29-7-3-1-4-8-29)27-21-34(44)37(45)36(22-27)47-32-13-17-40-18-14-32/h1,3-4,7-8,10,12,19,21-22,28,31-32,40,42-45H,2,5-6,9,11,13-18,20,23-25,39H2. The van der Waals surface area contributed by atoms with Gasteiger partial charge < -0.3 is 35.2 Å². The number of rotatable bonds is 15. The maximum atomic E-state index is 13.1. The first-order chi connectivity index (χ1) is 22.8. The summed E-state index contributed by atoms with van der Waals surface area (Å²) in [5.74, 6) is -0.265. The van der Waals surface area contributed by atoms with Crippen LogP contribution in [0.15, 0.2) is 60.7 Å². The van der Waals surface area contributed by atoms with Gasteiger partial charge in [0.05, 0.1) is 6.10 Å². The Bertz CT molecular complexity index is 1450. The maximum absolute atomic E-state index is 13.1. The Hall–Kier alpha value is -3.79. The summed E-state index contributed by atoms with van der Waals surface area (Å²) in [5.41, 5.74) is 8.23. The predicted molar refractivity (Wildman–Crippen MR) is 181 cm³/mol. The van der Waals surface area contributed by atoms with E-state index in [9.17, 15) is 25.2 Å². The quantitative estimate of drug-likeness (QED) is 0.0869. The van der Waals surface area contributed by atoms with Crippen molar-refractivity contribution in [3.8, 4) is 28.7 Å². The molecule has 0 bridgehead atoms. The molecule has 9 nitrogen and oxygen atoms in total. The van der Waals surface area contributed by atoms with Crippen LogP contribution in [0.25, 0.3) is 0 Å². The van der Waals surface area contributed by atoms with Crippen molar-refractivity contribution in [2.45, 2.75) is 101 Å². The molecule has 1 heterocycles. The Morgan fingerprint density at radius 3 is 2.40 bits per heavy atom. The molecule has 0 amide bonds. The molecule has 2 atom stereocenters. The molecular formula is C38H50N2O7. The second-order valence-electron chi connectivity index (χ2n) is 13.3. The molecule has 3 aromatic rings. The maximum Gasteiger partial charge on any atom is 0.200 e. The van der Waals surface area contributed by atoms with Crippen LogP contribution in [0.2, 0.25) is 0 Å². The first-order valence-electron chi connectivity index (χ1n) is 17.1. The zero-order chi connectivity index (χ0) is 33.2. The van der Waals surface area contributed by atoms with Crippen LogP contribution in [0.3, 0.4) is 0 Å². The number of aliphatic hydroxyl groups is 1. The molecule has 0 spiro atoms. The van der Waals surface area contributed by atoms with E-state index in [0.29, 0.717) is 12.8 Å². The molecule has 2 fully saturated rings. The molecule has 9 heteroatoms. The van der Waals surface area contributed by atoms with E-state index in [4.69, 9.17) is 15.2 Å². The number of carbonyl (C=O) groups is 1. The fourth-order valence-corrected chi connectivity index (χ4v) is 7.45. The van der Waals surface area contributed by atoms with Crippen molar-refractivity contribution in [2.24, 2.45) is 5.73 Å². The van der Waals surface area contributed by atoms with Gasteiger partial charge in [-0.1, -0.05) is 55.7 Å². The average Bonchev–Trinajstić information content (AvgIpc) is 3.08. The highest BCUT2D eigenvalue weighted by molar-refractivity contribution is 5.79. The van der Waals surface area contributed by atoms with Crippen LogP contribution in [0.4, 0.5) is 0 Å². The Morgan fingerprint density at radius 1 is 0.936 bits per heavy atom. The second kappa shape index (κ2) is 16.4. The lowest BCUT2D eigenvalue weighted by molar-refractivity contribution is -0.121. The number of piperidine rings is 1. The highest BCUT2D eigenvalue weighted by atomic mass is 16.5. The van der Waals surface area contributed by atoms with E-state index in [2.05, 4.69) is 29.6 Å². The highest BCUT2D eigenvalue weighted by Gasteiger charge is 2.37. The monoisotopic (exact) mass is 646 g/mol. The number of phenolic OH excluding ortho intramolecular Hbond substituents is 3. The molecule has 47 heavy (non-hydrogen) atoms. The van der Waals surface area contributed by atoms with Crippen LogP contribution < -0.4 is 20.5 Å². The fourth-order valence-electron chi connectivity index (χ4n) is 7.45. The second-order valence-corrected chi connectivity index (χ2v) is 13.3. The largest absolute Gasteiger partial charge is 0.504 e. The molecule has 1 aliphatic carbocycles.